The van der Waals surface area contributed by atoms with E-state index in [4.69, 9.17) is 11.6 Å². The number of halogens is 1. The van der Waals surface area contributed by atoms with Gasteiger partial charge in [-0.05, 0) is 42.7 Å². The lowest BCUT2D eigenvalue weighted by Crippen LogP contribution is -2.14. The molecule has 1 unspecified atom stereocenters. The van der Waals surface area contributed by atoms with Crippen molar-refractivity contribution in [3.8, 4) is 0 Å². The Morgan fingerprint density at radius 2 is 1.84 bits per heavy atom. The fourth-order valence-corrected chi connectivity index (χ4v) is 4.36. The largest absolute Gasteiger partial charge is 0.336 e. The molecule has 1 aromatic carbocycles. The Balaban J connectivity index is 1.73. The number of unbranched alkanes of at least 4 members (excludes halogenated alkanes) is 5. The molecule has 0 N–H and O–H groups in total. The molecule has 138 valence electrons. The number of nitrogens with zero attached hydrogens (tertiary/aromatic N) is 2. The van der Waals surface area contributed by atoms with E-state index >= 15 is 0 Å². The van der Waals surface area contributed by atoms with Gasteiger partial charge in [-0.2, -0.15) is 11.8 Å². The van der Waals surface area contributed by atoms with Crippen LogP contribution in [0.3, 0.4) is 0 Å². The standard InChI is InChI=1S/C21H31ClN2S/c1-2-3-4-5-6-7-16-25-21(17-24-15-14-23-18-24)13-10-19-8-11-20(22)12-9-19/h8-9,11-12,14-15,18,21H,2-7,10,13,16-17H2,1H3. The first kappa shape index (κ1) is 20.4. The van der Waals surface area contributed by atoms with Gasteiger partial charge in [0.25, 0.3) is 0 Å². The van der Waals surface area contributed by atoms with E-state index in [2.05, 4.69) is 46.6 Å². The minimum Gasteiger partial charge on any atom is -0.336 e. The molecular formula is C21H31ClN2S. The monoisotopic (exact) mass is 378 g/mol. The van der Waals surface area contributed by atoms with Crippen molar-refractivity contribution < 1.29 is 0 Å². The van der Waals surface area contributed by atoms with E-state index in [-0.39, 0.29) is 0 Å². The van der Waals surface area contributed by atoms with Crippen LogP contribution in [-0.2, 0) is 13.0 Å². The van der Waals surface area contributed by atoms with Gasteiger partial charge in [0.05, 0.1) is 6.33 Å². The van der Waals surface area contributed by atoms with Crippen molar-refractivity contribution in [3.63, 3.8) is 0 Å². The number of benzene rings is 1. The lowest BCUT2D eigenvalue weighted by molar-refractivity contribution is 0.616. The lowest BCUT2D eigenvalue weighted by atomic mass is 10.1. The van der Waals surface area contributed by atoms with Crippen LogP contribution in [0.25, 0.3) is 0 Å². The number of thioether (sulfide) groups is 1. The van der Waals surface area contributed by atoms with Gasteiger partial charge in [-0.25, -0.2) is 4.98 Å². The average Bonchev–Trinajstić information content (AvgIpc) is 3.13. The second-order valence-electron chi connectivity index (χ2n) is 6.69. The van der Waals surface area contributed by atoms with Crippen LogP contribution in [0, 0.1) is 0 Å². The molecule has 0 aliphatic carbocycles. The van der Waals surface area contributed by atoms with E-state index in [1.165, 1.54) is 56.3 Å². The van der Waals surface area contributed by atoms with Crippen LogP contribution in [0.2, 0.25) is 5.02 Å². The van der Waals surface area contributed by atoms with Crippen molar-refractivity contribution in [1.29, 1.82) is 0 Å². The van der Waals surface area contributed by atoms with Crippen LogP contribution in [0.1, 0.15) is 57.4 Å². The minimum absolute atomic E-state index is 0.639. The van der Waals surface area contributed by atoms with Crippen LogP contribution < -0.4 is 0 Å². The van der Waals surface area contributed by atoms with Crippen LogP contribution in [-0.4, -0.2) is 20.6 Å². The van der Waals surface area contributed by atoms with Crippen molar-refractivity contribution in [2.24, 2.45) is 0 Å². The third-order valence-corrected chi connectivity index (χ3v) is 6.13. The van der Waals surface area contributed by atoms with Gasteiger partial charge < -0.3 is 4.57 Å². The summed E-state index contributed by atoms with van der Waals surface area (Å²) < 4.78 is 2.21. The normalized spacial score (nSPS) is 12.4. The highest BCUT2D eigenvalue weighted by Gasteiger charge is 2.10. The van der Waals surface area contributed by atoms with Gasteiger partial charge in [0.15, 0.2) is 0 Å². The van der Waals surface area contributed by atoms with E-state index in [0.29, 0.717) is 5.25 Å². The summed E-state index contributed by atoms with van der Waals surface area (Å²) >= 11 is 8.12. The van der Waals surface area contributed by atoms with Crippen LogP contribution in [0.5, 0.6) is 0 Å². The number of imidazole rings is 1. The minimum atomic E-state index is 0.639. The van der Waals surface area contributed by atoms with E-state index in [1.54, 1.807) is 0 Å². The first-order valence-corrected chi connectivity index (χ1v) is 11.0. The van der Waals surface area contributed by atoms with E-state index in [1.807, 2.05) is 24.7 Å². The third kappa shape index (κ3) is 8.82. The summed E-state index contributed by atoms with van der Waals surface area (Å²) in [4.78, 5) is 4.18. The molecule has 0 amide bonds. The Morgan fingerprint density at radius 1 is 1.08 bits per heavy atom. The molecule has 1 heterocycles. The van der Waals surface area contributed by atoms with Crippen molar-refractivity contribution >= 4 is 23.4 Å². The summed E-state index contributed by atoms with van der Waals surface area (Å²) in [5.74, 6) is 1.27. The number of hydrogen-bond acceptors (Lipinski definition) is 2. The molecule has 2 aromatic rings. The lowest BCUT2D eigenvalue weighted by Gasteiger charge is -2.17. The molecule has 0 aliphatic heterocycles. The van der Waals surface area contributed by atoms with Gasteiger partial charge in [-0.15, -0.1) is 0 Å². The molecule has 0 spiro atoms. The average molecular weight is 379 g/mol. The van der Waals surface area contributed by atoms with E-state index in [0.717, 1.165) is 18.0 Å². The van der Waals surface area contributed by atoms with Gasteiger partial charge in [-0.3, -0.25) is 0 Å². The van der Waals surface area contributed by atoms with Gasteiger partial charge in [0.2, 0.25) is 0 Å². The molecule has 1 aromatic heterocycles. The van der Waals surface area contributed by atoms with Crippen molar-refractivity contribution in [2.75, 3.05) is 5.75 Å². The highest BCUT2D eigenvalue weighted by molar-refractivity contribution is 7.99. The fourth-order valence-electron chi connectivity index (χ4n) is 2.97. The first-order chi connectivity index (χ1) is 12.3. The summed E-state index contributed by atoms with van der Waals surface area (Å²) in [5.41, 5.74) is 1.38. The molecule has 2 rings (SSSR count). The molecule has 25 heavy (non-hydrogen) atoms. The predicted octanol–water partition coefficient (Wildman–Crippen LogP) is 6.63. The molecule has 0 saturated carbocycles. The Labute approximate surface area is 162 Å². The smallest absolute Gasteiger partial charge is 0.0946 e. The van der Waals surface area contributed by atoms with Gasteiger partial charge >= 0.3 is 0 Å². The number of aromatic nitrogens is 2. The second-order valence-corrected chi connectivity index (χ2v) is 8.53. The summed E-state index contributed by atoms with van der Waals surface area (Å²) in [7, 11) is 0. The van der Waals surface area contributed by atoms with Gasteiger partial charge in [0, 0.05) is 29.2 Å². The first-order valence-electron chi connectivity index (χ1n) is 9.59. The topological polar surface area (TPSA) is 17.8 Å². The highest BCUT2D eigenvalue weighted by atomic mass is 35.5. The number of hydrogen-bond donors (Lipinski definition) is 0. The van der Waals surface area contributed by atoms with Crippen molar-refractivity contribution in [2.45, 2.75) is 70.1 Å². The summed E-state index contributed by atoms with van der Waals surface area (Å²) in [6, 6.07) is 8.28. The summed E-state index contributed by atoms with van der Waals surface area (Å²) in [5, 5.41) is 1.46. The Hall–Kier alpha value is -0.930. The second kappa shape index (κ2) is 12.4. The van der Waals surface area contributed by atoms with Crippen molar-refractivity contribution in [1.82, 2.24) is 9.55 Å². The number of aryl methyl sites for hydroxylation is 1. The maximum Gasteiger partial charge on any atom is 0.0946 e. The molecule has 0 radical (unpaired) electrons. The maximum atomic E-state index is 5.98. The fraction of sp³-hybridized carbons (Fsp3) is 0.571. The Kier molecular flexibility index (Phi) is 10.1. The molecular weight excluding hydrogens is 348 g/mol. The maximum absolute atomic E-state index is 5.98. The molecule has 2 nitrogen and oxygen atoms in total. The quantitative estimate of drug-likeness (QED) is 0.364. The van der Waals surface area contributed by atoms with Crippen LogP contribution in [0.4, 0.5) is 0 Å². The van der Waals surface area contributed by atoms with Gasteiger partial charge in [0.1, 0.15) is 0 Å². The molecule has 0 aliphatic rings. The zero-order valence-corrected chi connectivity index (χ0v) is 16.9. The van der Waals surface area contributed by atoms with Crippen LogP contribution >= 0.6 is 23.4 Å². The Morgan fingerprint density at radius 3 is 2.56 bits per heavy atom. The van der Waals surface area contributed by atoms with E-state index < -0.39 is 0 Å². The Bertz CT molecular complexity index is 554. The predicted molar refractivity (Wildman–Crippen MR) is 112 cm³/mol. The van der Waals surface area contributed by atoms with Gasteiger partial charge in [-0.1, -0.05) is 62.8 Å². The molecule has 4 heteroatoms. The SMILES string of the molecule is CCCCCCCCSC(CCc1ccc(Cl)cc1)Cn1ccnc1. The van der Waals surface area contributed by atoms with Crippen molar-refractivity contribution in [3.05, 3.63) is 53.6 Å². The summed E-state index contributed by atoms with van der Waals surface area (Å²) in [6.45, 7) is 3.32. The number of rotatable bonds is 13. The summed E-state index contributed by atoms with van der Waals surface area (Å²) in [6.07, 6.45) is 16.4. The van der Waals surface area contributed by atoms with E-state index in [9.17, 15) is 0 Å². The molecule has 1 atom stereocenters. The zero-order valence-electron chi connectivity index (χ0n) is 15.4. The highest BCUT2D eigenvalue weighted by Crippen LogP contribution is 2.22. The third-order valence-electron chi connectivity index (χ3n) is 4.49. The zero-order chi connectivity index (χ0) is 17.7. The molecule has 0 fully saturated rings. The molecule has 0 saturated heterocycles. The molecule has 0 bridgehead atoms. The van der Waals surface area contributed by atoms with Crippen LogP contribution in [0.15, 0.2) is 43.0 Å².